The number of aryl methyl sites for hydroxylation is 1. The van der Waals surface area contributed by atoms with Crippen LogP contribution in [0.4, 0.5) is 0 Å². The number of carbonyl (C=O) groups excluding carboxylic acids is 2. The molecular weight excluding hydrogens is 605 g/mol. The SMILES string of the molecule is CCCCB1OC2CC(O1)[C@H](C/C=C\CCCC(=O)NCC)[C@H]2/C=C/[C@H](CCc1ccccc1)OC(=O)CCCCCBr. The molecule has 1 saturated heterocycles. The van der Waals surface area contributed by atoms with Crippen molar-refractivity contribution in [2.45, 2.75) is 122 Å². The van der Waals surface area contributed by atoms with Crippen LogP contribution in [-0.2, 0) is 30.1 Å². The molecule has 238 valence electrons. The van der Waals surface area contributed by atoms with E-state index >= 15 is 0 Å². The van der Waals surface area contributed by atoms with Crippen LogP contribution in [0.1, 0.15) is 96.5 Å². The number of rotatable bonds is 21. The van der Waals surface area contributed by atoms with Gasteiger partial charge in [-0.1, -0.05) is 90.7 Å². The number of allylic oxidation sites excluding steroid dienone is 2. The molecule has 0 aromatic heterocycles. The Morgan fingerprint density at radius 2 is 1.86 bits per heavy atom. The number of benzene rings is 1. The Bertz CT molecular complexity index is 990. The summed E-state index contributed by atoms with van der Waals surface area (Å²) in [4.78, 5) is 24.5. The van der Waals surface area contributed by atoms with Gasteiger partial charge < -0.3 is 19.4 Å². The lowest BCUT2D eigenvalue weighted by Crippen LogP contribution is -2.37. The van der Waals surface area contributed by atoms with Crippen molar-refractivity contribution in [3.63, 3.8) is 0 Å². The van der Waals surface area contributed by atoms with Crippen LogP contribution in [0.2, 0.25) is 6.32 Å². The molecule has 43 heavy (non-hydrogen) atoms. The minimum atomic E-state index is -0.272. The van der Waals surface area contributed by atoms with Gasteiger partial charge in [0.05, 0.1) is 6.10 Å². The summed E-state index contributed by atoms with van der Waals surface area (Å²) in [6.07, 6.45) is 21.1. The summed E-state index contributed by atoms with van der Waals surface area (Å²) in [5.41, 5.74) is 1.25. The van der Waals surface area contributed by atoms with E-state index in [1.54, 1.807) is 0 Å². The summed E-state index contributed by atoms with van der Waals surface area (Å²) in [6, 6.07) is 10.4. The first-order chi connectivity index (χ1) is 21.0. The minimum absolute atomic E-state index is 0.114. The maximum absolute atomic E-state index is 12.8. The lowest BCUT2D eigenvalue weighted by atomic mass is 9.80. The summed E-state index contributed by atoms with van der Waals surface area (Å²) in [5, 5.41) is 3.83. The molecule has 1 aromatic carbocycles. The number of nitrogens with one attached hydrogen (secondary N) is 1. The van der Waals surface area contributed by atoms with Crippen molar-refractivity contribution in [1.82, 2.24) is 5.32 Å². The summed E-state index contributed by atoms with van der Waals surface area (Å²) < 4.78 is 19.0. The van der Waals surface area contributed by atoms with Crippen molar-refractivity contribution in [2.75, 3.05) is 11.9 Å². The predicted octanol–water partition coefficient (Wildman–Crippen LogP) is 8.00. The van der Waals surface area contributed by atoms with Crippen LogP contribution < -0.4 is 5.32 Å². The number of esters is 1. The lowest BCUT2D eigenvalue weighted by Gasteiger charge is -2.27. The third kappa shape index (κ3) is 13.3. The molecule has 2 bridgehead atoms. The van der Waals surface area contributed by atoms with E-state index < -0.39 is 0 Å². The van der Waals surface area contributed by atoms with Gasteiger partial charge in [-0.3, -0.25) is 9.59 Å². The average molecular weight is 659 g/mol. The third-order valence-electron chi connectivity index (χ3n) is 8.44. The first-order valence-corrected chi connectivity index (χ1v) is 17.9. The molecule has 0 spiro atoms. The number of alkyl halides is 1. The first kappa shape index (κ1) is 35.6. The summed E-state index contributed by atoms with van der Waals surface area (Å²) in [6.45, 7) is 4.82. The maximum atomic E-state index is 12.8. The number of ether oxygens (including phenoxy) is 1. The number of amides is 1. The van der Waals surface area contributed by atoms with Gasteiger partial charge in [0.25, 0.3) is 0 Å². The second kappa shape index (κ2) is 21.0. The highest BCUT2D eigenvalue weighted by Gasteiger charge is 2.49. The van der Waals surface area contributed by atoms with E-state index in [1.165, 1.54) is 5.56 Å². The number of hydrogen-bond acceptors (Lipinski definition) is 5. The normalized spacial score (nSPS) is 22.3. The minimum Gasteiger partial charge on any atom is -0.458 e. The molecule has 6 nitrogen and oxygen atoms in total. The van der Waals surface area contributed by atoms with Crippen LogP contribution in [-0.4, -0.2) is 49.2 Å². The zero-order valence-electron chi connectivity index (χ0n) is 26.4. The Labute approximate surface area is 269 Å². The second-order valence-corrected chi connectivity index (χ2v) is 12.7. The lowest BCUT2D eigenvalue weighted by molar-refractivity contribution is -0.147. The molecule has 1 heterocycles. The largest absolute Gasteiger partial charge is 0.458 e. The van der Waals surface area contributed by atoms with E-state index in [9.17, 15) is 9.59 Å². The topological polar surface area (TPSA) is 73.9 Å². The summed E-state index contributed by atoms with van der Waals surface area (Å²) in [7, 11) is -0.142. The Morgan fingerprint density at radius 1 is 1.05 bits per heavy atom. The fourth-order valence-electron chi connectivity index (χ4n) is 6.10. The fraction of sp³-hybridized carbons (Fsp3) is 0.657. The first-order valence-electron chi connectivity index (χ1n) is 16.7. The second-order valence-electron chi connectivity index (χ2n) is 11.9. The quantitative estimate of drug-likeness (QED) is 0.0477. The van der Waals surface area contributed by atoms with Crippen LogP contribution >= 0.6 is 15.9 Å². The molecule has 3 rings (SSSR count). The highest BCUT2D eigenvalue weighted by Crippen LogP contribution is 2.44. The van der Waals surface area contributed by atoms with Crippen molar-refractivity contribution >= 4 is 34.9 Å². The maximum Gasteiger partial charge on any atom is 0.457 e. The zero-order valence-corrected chi connectivity index (χ0v) is 28.0. The number of fused-ring (bicyclic) bond motifs is 2. The van der Waals surface area contributed by atoms with Crippen molar-refractivity contribution in [3.8, 4) is 0 Å². The monoisotopic (exact) mass is 657 g/mol. The highest BCUT2D eigenvalue weighted by molar-refractivity contribution is 9.09. The van der Waals surface area contributed by atoms with Gasteiger partial charge in [-0.05, 0) is 82.2 Å². The van der Waals surface area contributed by atoms with Crippen molar-refractivity contribution in [3.05, 3.63) is 60.2 Å². The number of unbranched alkanes of at least 4 members (excludes halogenated alkanes) is 4. The number of halogens is 1. The van der Waals surface area contributed by atoms with Crippen molar-refractivity contribution in [2.24, 2.45) is 11.8 Å². The summed E-state index contributed by atoms with van der Waals surface area (Å²) >= 11 is 3.47. The van der Waals surface area contributed by atoms with Gasteiger partial charge in [0.1, 0.15) is 6.10 Å². The molecule has 1 saturated carbocycles. The van der Waals surface area contributed by atoms with E-state index in [2.05, 4.69) is 76.7 Å². The molecule has 1 amide bonds. The number of hydrogen-bond donors (Lipinski definition) is 1. The van der Waals surface area contributed by atoms with Gasteiger partial charge in [-0.15, -0.1) is 0 Å². The Morgan fingerprint density at radius 3 is 2.63 bits per heavy atom. The molecule has 8 heteroatoms. The molecule has 2 unspecified atom stereocenters. The van der Waals surface area contributed by atoms with E-state index in [4.69, 9.17) is 14.0 Å². The van der Waals surface area contributed by atoms with Crippen molar-refractivity contribution in [1.29, 1.82) is 0 Å². The Hall–Kier alpha value is -1.90. The molecule has 2 fully saturated rings. The van der Waals surface area contributed by atoms with Gasteiger partial charge in [-0.25, -0.2) is 0 Å². The standard InChI is InChI=1S/C35H53BBrNO5/c1-3-5-25-36-42-32-27-33(43-36)31(30(32)18-12-6-7-13-19-34(39)38-4-2)24-23-29(22-21-28-16-10-8-11-17-28)41-35(40)20-14-9-15-26-37/h6,8,10-12,16-17,23-24,29-33H,3-5,7,9,13-15,18-22,25-27H2,1-2H3,(H,38,39)/b12-6-,24-23+/t29-,30+,31+,32?,33?/m0/s1. The average Bonchev–Trinajstić information content (AvgIpc) is 3.25. The van der Waals surface area contributed by atoms with Crippen molar-refractivity contribution < 1.29 is 23.6 Å². The molecule has 1 aliphatic heterocycles. The van der Waals surface area contributed by atoms with Crippen LogP contribution in [0.5, 0.6) is 0 Å². The zero-order chi connectivity index (χ0) is 30.7. The van der Waals surface area contributed by atoms with Crippen LogP contribution in [0.15, 0.2) is 54.6 Å². The van der Waals surface area contributed by atoms with Gasteiger partial charge in [-0.2, -0.15) is 0 Å². The Balaban J connectivity index is 1.67. The third-order valence-corrected chi connectivity index (χ3v) is 9.00. The molecular formula is C35H53BBrNO5. The van der Waals surface area contributed by atoms with Crippen LogP contribution in [0.3, 0.4) is 0 Å². The van der Waals surface area contributed by atoms with Gasteiger partial charge >= 0.3 is 13.1 Å². The van der Waals surface area contributed by atoms with E-state index in [-0.39, 0.29) is 43.2 Å². The molecule has 0 radical (unpaired) electrons. The highest BCUT2D eigenvalue weighted by atomic mass is 79.9. The van der Waals surface area contributed by atoms with Crippen LogP contribution in [0.25, 0.3) is 0 Å². The Kier molecular flexibility index (Phi) is 17.3. The molecule has 1 aromatic rings. The molecule has 2 aliphatic rings. The van der Waals surface area contributed by atoms with E-state index in [1.807, 2.05) is 13.0 Å². The summed E-state index contributed by atoms with van der Waals surface area (Å²) in [5.74, 6) is 0.514. The molecule has 1 N–H and O–H groups in total. The predicted molar refractivity (Wildman–Crippen MR) is 179 cm³/mol. The van der Waals surface area contributed by atoms with Crippen LogP contribution in [0, 0.1) is 11.8 Å². The van der Waals surface area contributed by atoms with Gasteiger partial charge in [0, 0.05) is 36.7 Å². The smallest absolute Gasteiger partial charge is 0.457 e. The van der Waals surface area contributed by atoms with Gasteiger partial charge in [0.2, 0.25) is 5.91 Å². The molecule has 1 aliphatic carbocycles. The molecule has 5 atom stereocenters. The van der Waals surface area contributed by atoms with Gasteiger partial charge in [0.15, 0.2) is 0 Å². The van der Waals surface area contributed by atoms with E-state index in [0.29, 0.717) is 25.3 Å². The van der Waals surface area contributed by atoms with E-state index in [0.717, 1.165) is 82.3 Å². The fourth-order valence-corrected chi connectivity index (χ4v) is 6.49. The number of carbonyl (C=O) groups is 2.